The molecule has 1 N–H and O–H groups in total. The largest absolute Gasteiger partial charge is 0.388 e. The van der Waals surface area contributed by atoms with Crippen LogP contribution in [0.25, 0.3) is 10.9 Å². The summed E-state index contributed by atoms with van der Waals surface area (Å²) in [5.74, 6) is 1.69. The first-order valence-corrected chi connectivity index (χ1v) is 8.02. The minimum atomic E-state index is -0.659. The molecule has 1 atom stereocenters. The van der Waals surface area contributed by atoms with Crippen LogP contribution in [0.4, 0.5) is 5.82 Å². The van der Waals surface area contributed by atoms with Crippen molar-refractivity contribution in [1.82, 2.24) is 15.0 Å². The van der Waals surface area contributed by atoms with Crippen LogP contribution in [0.2, 0.25) is 0 Å². The normalized spacial score (nSPS) is 22.3. The Bertz CT molecular complexity index is 706. The smallest absolute Gasteiger partial charge is 0.142 e. The van der Waals surface area contributed by atoms with Crippen molar-refractivity contribution in [2.24, 2.45) is 0 Å². The van der Waals surface area contributed by atoms with Crippen LogP contribution in [0, 0.1) is 13.8 Å². The maximum Gasteiger partial charge on any atom is 0.142 e. The Hall–Kier alpha value is -1.75. The quantitative estimate of drug-likeness (QED) is 0.923. The summed E-state index contributed by atoms with van der Waals surface area (Å²) in [6, 6.07) is 2.02. The van der Waals surface area contributed by atoms with E-state index in [9.17, 15) is 5.11 Å². The number of pyridine rings is 1. The Kier molecular flexibility index (Phi) is 3.77. The van der Waals surface area contributed by atoms with Crippen molar-refractivity contribution in [2.75, 3.05) is 18.0 Å². The molecule has 22 heavy (non-hydrogen) atoms. The number of aliphatic hydroxyl groups is 1. The molecule has 2 aromatic heterocycles. The molecule has 0 radical (unpaired) electrons. The summed E-state index contributed by atoms with van der Waals surface area (Å²) in [7, 11) is 0. The molecule has 0 saturated carbocycles. The van der Waals surface area contributed by atoms with Crippen LogP contribution in [-0.2, 0) is 6.42 Å². The lowest BCUT2D eigenvalue weighted by Gasteiger charge is -2.38. The first kappa shape index (κ1) is 15.2. The Morgan fingerprint density at radius 3 is 2.73 bits per heavy atom. The summed E-state index contributed by atoms with van der Waals surface area (Å²) >= 11 is 0. The number of anilines is 1. The van der Waals surface area contributed by atoms with Crippen molar-refractivity contribution in [3.63, 3.8) is 0 Å². The van der Waals surface area contributed by atoms with E-state index in [1.165, 1.54) is 0 Å². The SMILES string of the molecule is CCc1nc(C)cc2nc(C)nc(N3CCCC(C)(O)C3)c12. The number of fused-ring (bicyclic) bond motifs is 1. The Morgan fingerprint density at radius 1 is 1.27 bits per heavy atom. The van der Waals surface area contributed by atoms with Gasteiger partial charge in [-0.05, 0) is 46.1 Å². The van der Waals surface area contributed by atoms with Crippen molar-refractivity contribution in [1.29, 1.82) is 0 Å². The fourth-order valence-corrected chi connectivity index (χ4v) is 3.34. The number of nitrogens with zero attached hydrogens (tertiary/aromatic N) is 4. The van der Waals surface area contributed by atoms with Gasteiger partial charge in [-0.3, -0.25) is 4.98 Å². The number of piperidine rings is 1. The molecule has 118 valence electrons. The molecular formula is C17H24N4O. The maximum atomic E-state index is 10.4. The predicted molar refractivity (Wildman–Crippen MR) is 88.3 cm³/mol. The average Bonchev–Trinajstić information content (AvgIpc) is 2.43. The summed E-state index contributed by atoms with van der Waals surface area (Å²) in [6.07, 6.45) is 2.66. The number of aryl methyl sites for hydroxylation is 3. The van der Waals surface area contributed by atoms with Gasteiger partial charge in [-0.1, -0.05) is 6.92 Å². The van der Waals surface area contributed by atoms with Gasteiger partial charge in [0.1, 0.15) is 11.6 Å². The van der Waals surface area contributed by atoms with Crippen LogP contribution in [0.1, 0.15) is 43.9 Å². The number of hydrogen-bond acceptors (Lipinski definition) is 5. The van der Waals surface area contributed by atoms with Crippen LogP contribution >= 0.6 is 0 Å². The molecule has 0 aliphatic carbocycles. The fourth-order valence-electron chi connectivity index (χ4n) is 3.34. The van der Waals surface area contributed by atoms with E-state index in [-0.39, 0.29) is 0 Å². The molecule has 0 bridgehead atoms. The standard InChI is InChI=1S/C17H24N4O/c1-5-13-15-14(9-11(2)18-13)19-12(3)20-16(15)21-8-6-7-17(4,22)10-21/h9,22H,5-8,10H2,1-4H3. The highest BCUT2D eigenvalue weighted by molar-refractivity contribution is 5.92. The highest BCUT2D eigenvalue weighted by Crippen LogP contribution is 2.31. The lowest BCUT2D eigenvalue weighted by atomic mass is 9.95. The van der Waals surface area contributed by atoms with Crippen molar-refractivity contribution in [3.05, 3.63) is 23.3 Å². The van der Waals surface area contributed by atoms with Gasteiger partial charge in [-0.2, -0.15) is 0 Å². The van der Waals surface area contributed by atoms with Crippen molar-refractivity contribution in [2.45, 2.75) is 52.6 Å². The molecule has 0 amide bonds. The molecule has 2 aromatic rings. The lowest BCUT2D eigenvalue weighted by molar-refractivity contribution is 0.0448. The second kappa shape index (κ2) is 5.47. The first-order chi connectivity index (χ1) is 10.4. The van der Waals surface area contributed by atoms with E-state index in [0.29, 0.717) is 6.54 Å². The third kappa shape index (κ3) is 2.77. The Balaban J connectivity index is 2.20. The third-order valence-corrected chi connectivity index (χ3v) is 4.28. The van der Waals surface area contributed by atoms with Crippen LogP contribution in [0.15, 0.2) is 6.07 Å². The van der Waals surface area contributed by atoms with Gasteiger partial charge in [0.05, 0.1) is 22.2 Å². The predicted octanol–water partition coefficient (Wildman–Crippen LogP) is 2.56. The molecule has 3 rings (SSSR count). The number of β-amino-alcohol motifs (C(OH)–C–C–N with tert-alkyl or cyclic N) is 1. The van der Waals surface area contributed by atoms with Crippen molar-refractivity contribution in [3.8, 4) is 0 Å². The van der Waals surface area contributed by atoms with E-state index >= 15 is 0 Å². The molecule has 5 nitrogen and oxygen atoms in total. The Morgan fingerprint density at radius 2 is 2.05 bits per heavy atom. The lowest BCUT2D eigenvalue weighted by Crippen LogP contribution is -2.46. The molecule has 1 unspecified atom stereocenters. The maximum absolute atomic E-state index is 10.4. The molecular weight excluding hydrogens is 276 g/mol. The van der Waals surface area contributed by atoms with E-state index in [4.69, 9.17) is 4.98 Å². The van der Waals surface area contributed by atoms with E-state index < -0.39 is 5.60 Å². The minimum absolute atomic E-state index is 0.607. The summed E-state index contributed by atoms with van der Waals surface area (Å²) < 4.78 is 0. The molecule has 0 aromatic carbocycles. The molecule has 5 heteroatoms. The minimum Gasteiger partial charge on any atom is -0.388 e. The molecule has 3 heterocycles. The van der Waals surface area contributed by atoms with E-state index in [2.05, 4.69) is 21.8 Å². The summed E-state index contributed by atoms with van der Waals surface area (Å²) in [5, 5.41) is 11.5. The molecule has 1 fully saturated rings. The average molecular weight is 300 g/mol. The summed E-state index contributed by atoms with van der Waals surface area (Å²) in [4.78, 5) is 16.2. The van der Waals surface area contributed by atoms with Gasteiger partial charge in [0.25, 0.3) is 0 Å². The number of hydrogen-bond donors (Lipinski definition) is 1. The molecule has 1 saturated heterocycles. The topological polar surface area (TPSA) is 62.1 Å². The van der Waals surface area contributed by atoms with Gasteiger partial charge >= 0.3 is 0 Å². The molecule has 1 aliphatic rings. The second-order valence-corrected chi connectivity index (χ2v) is 6.57. The van der Waals surface area contributed by atoms with Crippen LogP contribution < -0.4 is 4.90 Å². The van der Waals surface area contributed by atoms with Crippen molar-refractivity contribution >= 4 is 16.7 Å². The zero-order valence-corrected chi connectivity index (χ0v) is 13.8. The van der Waals surface area contributed by atoms with E-state index in [0.717, 1.165) is 59.7 Å². The van der Waals surface area contributed by atoms with Gasteiger partial charge in [-0.15, -0.1) is 0 Å². The zero-order valence-electron chi connectivity index (χ0n) is 13.8. The van der Waals surface area contributed by atoms with Gasteiger partial charge in [0.2, 0.25) is 0 Å². The van der Waals surface area contributed by atoms with Crippen LogP contribution in [-0.4, -0.2) is 38.7 Å². The Labute approximate surface area is 131 Å². The van der Waals surface area contributed by atoms with E-state index in [1.807, 2.05) is 26.8 Å². The monoisotopic (exact) mass is 300 g/mol. The molecule has 0 spiro atoms. The molecule has 1 aliphatic heterocycles. The van der Waals surface area contributed by atoms with Crippen LogP contribution in [0.3, 0.4) is 0 Å². The van der Waals surface area contributed by atoms with Crippen molar-refractivity contribution < 1.29 is 5.11 Å². The van der Waals surface area contributed by atoms with Crippen LogP contribution in [0.5, 0.6) is 0 Å². The third-order valence-electron chi connectivity index (χ3n) is 4.28. The summed E-state index contributed by atoms with van der Waals surface area (Å²) in [5.41, 5.74) is 2.32. The second-order valence-electron chi connectivity index (χ2n) is 6.57. The zero-order chi connectivity index (χ0) is 15.9. The first-order valence-electron chi connectivity index (χ1n) is 8.02. The fraction of sp³-hybridized carbons (Fsp3) is 0.588. The summed E-state index contributed by atoms with van der Waals surface area (Å²) in [6.45, 7) is 9.46. The van der Waals surface area contributed by atoms with E-state index in [1.54, 1.807) is 0 Å². The highest BCUT2D eigenvalue weighted by atomic mass is 16.3. The van der Waals surface area contributed by atoms with Gasteiger partial charge in [0, 0.05) is 18.8 Å². The van der Waals surface area contributed by atoms with Gasteiger partial charge < -0.3 is 10.0 Å². The number of aromatic nitrogens is 3. The van der Waals surface area contributed by atoms with Gasteiger partial charge in [0.15, 0.2) is 0 Å². The van der Waals surface area contributed by atoms with Gasteiger partial charge in [-0.25, -0.2) is 9.97 Å². The highest BCUT2D eigenvalue weighted by Gasteiger charge is 2.30. The number of rotatable bonds is 2.